The lowest BCUT2D eigenvalue weighted by Crippen LogP contribution is -2.29. The van der Waals surface area contributed by atoms with Crippen molar-refractivity contribution < 1.29 is 13.9 Å². The van der Waals surface area contributed by atoms with E-state index in [0.717, 1.165) is 17.7 Å². The molecule has 1 fully saturated rings. The molecule has 1 heterocycles. The quantitative estimate of drug-likeness (QED) is 0.847. The van der Waals surface area contributed by atoms with E-state index in [0.29, 0.717) is 24.3 Å². The number of carbonyl (C=O) groups excluding carboxylic acids is 1. The van der Waals surface area contributed by atoms with E-state index >= 15 is 0 Å². The van der Waals surface area contributed by atoms with Crippen molar-refractivity contribution in [2.75, 3.05) is 32.1 Å². The largest absolute Gasteiger partial charge is 0.443 e. The number of nitrogens with zero attached hydrogens (tertiary/aromatic N) is 1. The average Bonchev–Trinajstić information content (AvgIpc) is 2.97. The zero-order valence-corrected chi connectivity index (χ0v) is 14.4. The number of amides is 1. The highest BCUT2D eigenvalue weighted by Crippen LogP contribution is 2.29. The zero-order valence-electron chi connectivity index (χ0n) is 14.4. The summed E-state index contributed by atoms with van der Waals surface area (Å²) in [6.07, 6.45) is -0.663. The molecule has 2 aromatic carbocycles. The van der Waals surface area contributed by atoms with Crippen molar-refractivity contribution in [3.8, 4) is 11.1 Å². The number of cyclic esters (lactones) is 1. The number of likely N-dealkylation sites (N-methyl/N-ethyl adjacent to an activating group) is 1. The van der Waals surface area contributed by atoms with Crippen molar-refractivity contribution in [2.24, 2.45) is 0 Å². The molecule has 0 spiro atoms. The molecule has 2 aromatic rings. The lowest BCUT2D eigenvalue weighted by Gasteiger charge is -2.14. The molecule has 1 unspecified atom stereocenters. The van der Waals surface area contributed by atoms with E-state index in [1.807, 2.05) is 31.3 Å². The van der Waals surface area contributed by atoms with E-state index in [-0.39, 0.29) is 11.9 Å². The molecule has 5 nitrogen and oxygen atoms in total. The van der Waals surface area contributed by atoms with E-state index in [2.05, 4.69) is 10.6 Å². The number of ether oxygens (including phenoxy) is 1. The minimum absolute atomic E-state index is 0.222. The topological polar surface area (TPSA) is 53.6 Å². The fourth-order valence-corrected chi connectivity index (χ4v) is 2.98. The number of halogens is 1. The Morgan fingerprint density at radius 3 is 2.56 bits per heavy atom. The van der Waals surface area contributed by atoms with E-state index in [1.54, 1.807) is 19.2 Å². The highest BCUT2D eigenvalue weighted by atomic mass is 19.1. The van der Waals surface area contributed by atoms with Gasteiger partial charge in [0, 0.05) is 18.7 Å². The molecule has 2 N–H and O–H groups in total. The van der Waals surface area contributed by atoms with Gasteiger partial charge in [0.25, 0.3) is 0 Å². The monoisotopic (exact) mass is 343 g/mol. The van der Waals surface area contributed by atoms with Crippen LogP contribution in [0.3, 0.4) is 0 Å². The first kappa shape index (κ1) is 17.4. The molecule has 1 aliphatic rings. The molecule has 0 bridgehead atoms. The van der Waals surface area contributed by atoms with Gasteiger partial charge in [0.2, 0.25) is 0 Å². The second kappa shape index (κ2) is 7.63. The van der Waals surface area contributed by atoms with Crippen LogP contribution in [0.15, 0.2) is 42.5 Å². The highest BCUT2D eigenvalue weighted by Gasteiger charge is 2.32. The van der Waals surface area contributed by atoms with Crippen LogP contribution in [0.1, 0.15) is 5.56 Å². The van der Waals surface area contributed by atoms with Gasteiger partial charge in [0.1, 0.15) is 11.9 Å². The zero-order chi connectivity index (χ0) is 17.8. The van der Waals surface area contributed by atoms with Crippen molar-refractivity contribution in [1.82, 2.24) is 10.6 Å². The predicted octanol–water partition coefficient (Wildman–Crippen LogP) is 2.76. The summed E-state index contributed by atoms with van der Waals surface area (Å²) in [5, 5.41) is 6.06. The normalized spacial score (nSPS) is 17.0. The SMILES string of the molecule is CNCc1ccc(-c2ccc(N3CC(CNC)OC3=O)cc2F)cc1. The van der Waals surface area contributed by atoms with Crippen molar-refractivity contribution in [3.63, 3.8) is 0 Å². The fraction of sp³-hybridized carbons (Fsp3) is 0.316. The molecule has 6 heteroatoms. The number of benzene rings is 2. The second-order valence-corrected chi connectivity index (χ2v) is 6.07. The van der Waals surface area contributed by atoms with Crippen LogP contribution in [0.25, 0.3) is 11.1 Å². The first-order valence-electron chi connectivity index (χ1n) is 8.28. The first-order valence-corrected chi connectivity index (χ1v) is 8.28. The van der Waals surface area contributed by atoms with Crippen molar-refractivity contribution in [1.29, 1.82) is 0 Å². The second-order valence-electron chi connectivity index (χ2n) is 6.07. The van der Waals surface area contributed by atoms with Crippen LogP contribution in [-0.4, -0.2) is 39.4 Å². The molecule has 1 atom stereocenters. The highest BCUT2D eigenvalue weighted by molar-refractivity contribution is 5.90. The van der Waals surface area contributed by atoms with Crippen LogP contribution >= 0.6 is 0 Å². The maximum Gasteiger partial charge on any atom is 0.414 e. The predicted molar refractivity (Wildman–Crippen MR) is 96.1 cm³/mol. The molecule has 0 saturated carbocycles. The Morgan fingerprint density at radius 1 is 1.16 bits per heavy atom. The van der Waals surface area contributed by atoms with Gasteiger partial charge in [0.05, 0.1) is 12.2 Å². The molecule has 1 saturated heterocycles. The Morgan fingerprint density at radius 2 is 1.92 bits per heavy atom. The third-order valence-electron chi connectivity index (χ3n) is 4.22. The van der Waals surface area contributed by atoms with Gasteiger partial charge in [-0.15, -0.1) is 0 Å². The minimum atomic E-state index is -0.441. The van der Waals surface area contributed by atoms with Gasteiger partial charge in [-0.1, -0.05) is 24.3 Å². The van der Waals surface area contributed by atoms with Crippen molar-refractivity contribution in [3.05, 3.63) is 53.8 Å². The lowest BCUT2D eigenvalue weighted by atomic mass is 10.0. The maximum absolute atomic E-state index is 14.6. The number of nitrogens with one attached hydrogen (secondary N) is 2. The first-order chi connectivity index (χ1) is 12.1. The molecule has 1 amide bonds. The number of hydrogen-bond donors (Lipinski definition) is 2. The molecule has 0 radical (unpaired) electrons. The summed E-state index contributed by atoms with van der Waals surface area (Å²) in [6, 6.07) is 12.6. The molecule has 0 aliphatic carbocycles. The Labute approximate surface area is 146 Å². The molecular formula is C19H22FN3O2. The molecule has 132 valence electrons. The van der Waals surface area contributed by atoms with Crippen LogP contribution in [0.4, 0.5) is 14.9 Å². The number of anilines is 1. The smallest absolute Gasteiger partial charge is 0.414 e. The maximum atomic E-state index is 14.6. The van der Waals surface area contributed by atoms with Gasteiger partial charge in [-0.05, 0) is 43.4 Å². The van der Waals surface area contributed by atoms with Gasteiger partial charge in [-0.25, -0.2) is 9.18 Å². The van der Waals surface area contributed by atoms with E-state index in [1.165, 1.54) is 11.0 Å². The molecule has 0 aromatic heterocycles. The Hall–Kier alpha value is -2.44. The van der Waals surface area contributed by atoms with Crippen LogP contribution in [0, 0.1) is 5.82 Å². The molecule has 25 heavy (non-hydrogen) atoms. The molecular weight excluding hydrogens is 321 g/mol. The van der Waals surface area contributed by atoms with Crippen LogP contribution in [0.2, 0.25) is 0 Å². The van der Waals surface area contributed by atoms with E-state index < -0.39 is 6.09 Å². The minimum Gasteiger partial charge on any atom is -0.443 e. The van der Waals surface area contributed by atoms with Gasteiger partial charge < -0.3 is 15.4 Å². The number of rotatable bonds is 6. The van der Waals surface area contributed by atoms with Crippen LogP contribution in [-0.2, 0) is 11.3 Å². The summed E-state index contributed by atoms with van der Waals surface area (Å²) in [5.41, 5.74) is 2.97. The summed E-state index contributed by atoms with van der Waals surface area (Å²) in [6.45, 7) is 1.76. The fourth-order valence-electron chi connectivity index (χ4n) is 2.98. The third kappa shape index (κ3) is 3.81. The Kier molecular flexibility index (Phi) is 5.31. The van der Waals surface area contributed by atoms with Crippen LogP contribution in [0.5, 0.6) is 0 Å². The summed E-state index contributed by atoms with van der Waals surface area (Å²) in [7, 11) is 3.68. The van der Waals surface area contributed by atoms with E-state index in [4.69, 9.17) is 4.74 Å². The summed E-state index contributed by atoms with van der Waals surface area (Å²) >= 11 is 0. The standard InChI is InChI=1S/C19H22FN3O2/c1-21-10-13-3-5-14(6-4-13)17-8-7-15(9-18(17)20)23-12-16(11-22-2)25-19(23)24/h3-9,16,21-22H,10-12H2,1-2H3. The summed E-state index contributed by atoms with van der Waals surface area (Å²) < 4.78 is 19.9. The van der Waals surface area contributed by atoms with Crippen molar-refractivity contribution in [2.45, 2.75) is 12.6 Å². The third-order valence-corrected chi connectivity index (χ3v) is 4.22. The van der Waals surface area contributed by atoms with Gasteiger partial charge in [-0.3, -0.25) is 4.90 Å². The van der Waals surface area contributed by atoms with Crippen LogP contribution < -0.4 is 15.5 Å². The molecule has 3 rings (SSSR count). The van der Waals surface area contributed by atoms with Gasteiger partial charge in [0.15, 0.2) is 0 Å². The Balaban J connectivity index is 1.80. The Bertz CT molecular complexity index is 749. The molecule has 1 aliphatic heterocycles. The summed E-state index contributed by atoms with van der Waals surface area (Å²) in [5.74, 6) is -0.358. The number of hydrogen-bond acceptors (Lipinski definition) is 4. The van der Waals surface area contributed by atoms with E-state index in [9.17, 15) is 9.18 Å². The van der Waals surface area contributed by atoms with Gasteiger partial charge in [-0.2, -0.15) is 0 Å². The lowest BCUT2D eigenvalue weighted by molar-refractivity contribution is 0.141. The number of carbonyl (C=O) groups is 1. The van der Waals surface area contributed by atoms with Crippen molar-refractivity contribution >= 4 is 11.8 Å². The average molecular weight is 343 g/mol. The summed E-state index contributed by atoms with van der Waals surface area (Å²) in [4.78, 5) is 13.4. The van der Waals surface area contributed by atoms with Gasteiger partial charge >= 0.3 is 6.09 Å².